The number of rotatable bonds is 7. The number of fused-ring (bicyclic) bond motifs is 7. The van der Waals surface area contributed by atoms with Crippen LogP contribution in [0, 0.1) is 50.2 Å². The molecule has 0 aromatic rings. The average Bonchev–Trinajstić information content (AvgIpc) is 3.25. The van der Waals surface area contributed by atoms with Gasteiger partial charge in [-0.2, -0.15) is 0 Å². The number of hydrogen-bond donors (Lipinski definition) is 9. The maximum Gasteiger partial charge on any atom is 0.337 e. The van der Waals surface area contributed by atoms with Crippen LogP contribution in [0.4, 0.5) is 0 Å². The van der Waals surface area contributed by atoms with Crippen molar-refractivity contribution in [2.45, 2.75) is 211 Å². The van der Waals surface area contributed by atoms with Crippen LogP contribution in [-0.4, -0.2) is 170 Å². The van der Waals surface area contributed by atoms with Gasteiger partial charge in [0, 0.05) is 0 Å². The molecule has 0 unspecified atom stereocenters. The highest BCUT2D eigenvalue weighted by Crippen LogP contribution is 2.76. The normalized spacial score (nSPS) is 53.2. The summed E-state index contributed by atoms with van der Waals surface area (Å²) < 4.78 is 40.6. The maximum atomic E-state index is 15.1. The van der Waals surface area contributed by atoms with Crippen LogP contribution >= 0.6 is 0 Å². The van der Waals surface area contributed by atoms with Gasteiger partial charge in [0.25, 0.3) is 0 Å². The Kier molecular flexibility index (Phi) is 13.4. The third-order valence-corrected chi connectivity index (χ3v) is 19.1. The predicted octanol–water partition coefficient (Wildman–Crippen LogP) is 0.959. The quantitative estimate of drug-likeness (QED) is 0.0977. The van der Waals surface area contributed by atoms with Gasteiger partial charge >= 0.3 is 11.9 Å². The Balaban J connectivity index is 1.06. The van der Waals surface area contributed by atoms with E-state index in [2.05, 4.69) is 54.5 Å². The Labute approximate surface area is 386 Å². The summed E-state index contributed by atoms with van der Waals surface area (Å²) in [5, 5.41) is 98.2. The van der Waals surface area contributed by atoms with Gasteiger partial charge in [0.2, 0.25) is 6.29 Å². The van der Waals surface area contributed by atoms with Gasteiger partial charge < -0.3 is 79.1 Å². The van der Waals surface area contributed by atoms with Crippen LogP contribution in [0.1, 0.15) is 113 Å². The van der Waals surface area contributed by atoms with Crippen LogP contribution in [0.2, 0.25) is 0 Å². The van der Waals surface area contributed by atoms with Crippen molar-refractivity contribution in [2.24, 2.45) is 50.2 Å². The fourth-order valence-corrected chi connectivity index (χ4v) is 14.9. The van der Waals surface area contributed by atoms with E-state index >= 15 is 4.79 Å². The molecular weight excluding hydrogens is 865 g/mol. The summed E-state index contributed by atoms with van der Waals surface area (Å²) in [5.74, 6) is -1.72. The molecule has 3 saturated heterocycles. The van der Waals surface area contributed by atoms with Gasteiger partial charge in [-0.1, -0.05) is 60.1 Å². The van der Waals surface area contributed by atoms with E-state index in [0.29, 0.717) is 25.7 Å². The molecule has 8 rings (SSSR count). The number of methoxy groups -OCH3 is 1. The lowest BCUT2D eigenvalue weighted by Gasteiger charge is -2.71. The zero-order valence-corrected chi connectivity index (χ0v) is 39.8. The SMILES string of the molecule is COC(=O)[C@H]1O[C@@H](O[C@H]2CC[C@]3(C)[C@H]4CC=C5[C@@H]6CC(C)(C)CC[C@]6(C(=O)O[C@@H]6OC[C@H](O)[C@H](O)[C@H]6O[C@@H]6O[C@@H](C)[C@H](O)[C@@H](O)[C@H]6O)[C@H](O)C[C@@]5(C)[C@]4(C)CC[C@H]3C2(C)C)[C@H](O)[C@@H](O)[C@@H]1O. The molecule has 0 aromatic carbocycles. The monoisotopic (exact) mass is 941 g/mol. The maximum absolute atomic E-state index is 15.1. The fraction of sp³-hybridized carbons (Fsp3) is 0.917. The highest BCUT2D eigenvalue weighted by atomic mass is 16.8. The molecule has 0 amide bonds. The van der Waals surface area contributed by atoms with Gasteiger partial charge in [-0.15, -0.1) is 0 Å². The predicted molar refractivity (Wildman–Crippen MR) is 229 cm³/mol. The van der Waals surface area contributed by atoms with Gasteiger partial charge in [0.1, 0.15) is 54.2 Å². The van der Waals surface area contributed by atoms with E-state index in [1.165, 1.54) is 6.92 Å². The topological polar surface area (TPSA) is 281 Å². The van der Waals surface area contributed by atoms with E-state index in [1.54, 1.807) is 0 Å². The van der Waals surface area contributed by atoms with E-state index < -0.39 is 139 Å². The minimum absolute atomic E-state index is 0.139. The molecule has 5 aliphatic carbocycles. The minimum atomic E-state index is -1.74. The molecule has 23 atom stereocenters. The second kappa shape index (κ2) is 17.5. The van der Waals surface area contributed by atoms with E-state index in [4.69, 9.17) is 33.2 Å². The zero-order valence-electron chi connectivity index (χ0n) is 39.8. The summed E-state index contributed by atoms with van der Waals surface area (Å²) in [4.78, 5) is 27.6. The highest BCUT2D eigenvalue weighted by Gasteiger charge is 2.72. The van der Waals surface area contributed by atoms with Gasteiger partial charge in [-0.3, -0.25) is 4.79 Å². The third-order valence-electron chi connectivity index (χ3n) is 19.1. The number of aliphatic hydroxyl groups is 9. The van der Waals surface area contributed by atoms with Crippen molar-refractivity contribution in [3.8, 4) is 0 Å². The summed E-state index contributed by atoms with van der Waals surface area (Å²) in [6, 6.07) is 0. The molecule has 9 N–H and O–H groups in total. The smallest absolute Gasteiger partial charge is 0.337 e. The largest absolute Gasteiger partial charge is 0.467 e. The van der Waals surface area contributed by atoms with Crippen molar-refractivity contribution in [1.82, 2.24) is 0 Å². The number of carbonyl (C=O) groups excluding carboxylic acids is 2. The molecule has 0 radical (unpaired) electrons. The van der Waals surface area contributed by atoms with E-state index in [0.717, 1.165) is 38.4 Å². The minimum Gasteiger partial charge on any atom is -0.467 e. The van der Waals surface area contributed by atoms with Gasteiger partial charge in [-0.25, -0.2) is 4.79 Å². The number of esters is 2. The first-order valence-corrected chi connectivity index (χ1v) is 24.1. The van der Waals surface area contributed by atoms with E-state index in [1.807, 2.05) is 0 Å². The van der Waals surface area contributed by atoms with Crippen molar-refractivity contribution in [1.29, 1.82) is 0 Å². The summed E-state index contributed by atoms with van der Waals surface area (Å²) in [6.07, 6.45) is -15.2. The summed E-state index contributed by atoms with van der Waals surface area (Å²) >= 11 is 0. The van der Waals surface area contributed by atoms with E-state index in [9.17, 15) is 50.8 Å². The molecule has 66 heavy (non-hydrogen) atoms. The summed E-state index contributed by atoms with van der Waals surface area (Å²) in [5.41, 5.74) is -1.98. The first-order chi connectivity index (χ1) is 30.7. The number of aliphatic hydroxyl groups excluding tert-OH is 9. The van der Waals surface area contributed by atoms with Crippen LogP contribution in [-0.2, 0) is 42.7 Å². The number of allylic oxidation sites excluding steroid dienone is 2. The summed E-state index contributed by atoms with van der Waals surface area (Å²) in [7, 11) is 1.15. The Bertz CT molecular complexity index is 1860. The zero-order chi connectivity index (χ0) is 48.4. The Hall–Kier alpha value is -1.88. The van der Waals surface area contributed by atoms with Gasteiger partial charge in [0.15, 0.2) is 24.8 Å². The molecule has 7 fully saturated rings. The molecule has 0 bridgehead atoms. The van der Waals surface area contributed by atoms with Crippen LogP contribution in [0.15, 0.2) is 11.6 Å². The van der Waals surface area contributed by atoms with Crippen molar-refractivity contribution in [3.63, 3.8) is 0 Å². The highest BCUT2D eigenvalue weighted by molar-refractivity contribution is 5.80. The number of carbonyl (C=O) groups is 2. The molecule has 8 aliphatic rings. The lowest BCUT2D eigenvalue weighted by molar-refractivity contribution is -0.350. The summed E-state index contributed by atoms with van der Waals surface area (Å²) in [6.45, 7) is 16.7. The molecule has 0 spiro atoms. The number of ether oxygens (including phenoxy) is 7. The molecule has 4 saturated carbocycles. The Morgan fingerprint density at radius 1 is 0.697 bits per heavy atom. The molecule has 18 nitrogen and oxygen atoms in total. The molecule has 376 valence electrons. The standard InChI is InChI=1S/C48H76O18/c1-21-29(51)31(53)34(56)39(62-21)65-37-30(52)24(49)20-61-41(37)66-42(59)48-17-16-43(2,3)18-23(48)22-10-11-26-45(6)14-13-28(63-40-35(57)32(54)33(55)36(64-40)38(58)60-9)44(4,5)25(45)12-15-46(26,7)47(22,8)19-27(48)50/h10,21,23-37,39-41,49-57H,11-20H2,1-9H3/t21-,23-,24-,25-,26+,27+,28-,29-,30-,31+,32-,33-,34+,35+,36-,37+,39-,40+,41-,45-,46+,47+,48+/m0/s1. The molecule has 0 aromatic heterocycles. The molecule has 3 aliphatic heterocycles. The Morgan fingerprint density at radius 3 is 2.02 bits per heavy atom. The van der Waals surface area contributed by atoms with Crippen molar-refractivity contribution in [3.05, 3.63) is 11.6 Å². The Morgan fingerprint density at radius 2 is 1.35 bits per heavy atom. The first kappa shape index (κ1) is 50.5. The number of hydrogen-bond acceptors (Lipinski definition) is 18. The van der Waals surface area contributed by atoms with Crippen molar-refractivity contribution >= 4 is 11.9 Å². The molecule has 18 heteroatoms. The lowest BCUT2D eigenvalue weighted by Crippen LogP contribution is -2.68. The average molecular weight is 941 g/mol. The van der Waals surface area contributed by atoms with Crippen molar-refractivity contribution in [2.75, 3.05) is 13.7 Å². The van der Waals surface area contributed by atoms with Crippen LogP contribution < -0.4 is 0 Å². The van der Waals surface area contributed by atoms with Crippen LogP contribution in [0.3, 0.4) is 0 Å². The van der Waals surface area contributed by atoms with E-state index in [-0.39, 0.29) is 34.5 Å². The lowest BCUT2D eigenvalue weighted by atomic mass is 9.33. The van der Waals surface area contributed by atoms with Crippen LogP contribution in [0.5, 0.6) is 0 Å². The second-order valence-corrected chi connectivity index (χ2v) is 23.3. The second-order valence-electron chi connectivity index (χ2n) is 23.3. The van der Waals surface area contributed by atoms with Crippen molar-refractivity contribution < 1.29 is 88.7 Å². The fourth-order valence-electron chi connectivity index (χ4n) is 14.9. The van der Waals surface area contributed by atoms with Gasteiger partial charge in [-0.05, 0) is 110 Å². The van der Waals surface area contributed by atoms with Gasteiger partial charge in [0.05, 0.1) is 32.0 Å². The van der Waals surface area contributed by atoms with Crippen LogP contribution in [0.25, 0.3) is 0 Å². The molecular formula is C48H76O18. The first-order valence-electron chi connectivity index (χ1n) is 24.1. The molecule has 3 heterocycles. The third kappa shape index (κ3) is 7.65.